The van der Waals surface area contributed by atoms with E-state index in [1.807, 2.05) is 31.0 Å². The molecule has 0 spiro atoms. The van der Waals surface area contributed by atoms with Crippen molar-refractivity contribution in [2.45, 2.75) is 26.3 Å². The van der Waals surface area contributed by atoms with E-state index in [4.69, 9.17) is 16.3 Å². The van der Waals surface area contributed by atoms with Gasteiger partial charge in [0, 0.05) is 24.7 Å². The van der Waals surface area contributed by atoms with Crippen LogP contribution < -0.4 is 14.4 Å². The lowest BCUT2D eigenvalue weighted by atomic mass is 10.2. The number of carbonyl (C=O) groups excluding carboxylic acids is 1. The second-order valence-corrected chi connectivity index (χ2v) is 8.25. The van der Waals surface area contributed by atoms with E-state index >= 15 is 0 Å². The molecule has 1 aromatic heterocycles. The van der Waals surface area contributed by atoms with Gasteiger partial charge < -0.3 is 19.3 Å². The maximum absolute atomic E-state index is 13.3. The molecule has 0 unspecified atom stereocenters. The van der Waals surface area contributed by atoms with Crippen LogP contribution in [0.25, 0.3) is 0 Å². The minimum absolute atomic E-state index is 0.0719. The molecule has 1 aliphatic rings. The van der Waals surface area contributed by atoms with Crippen LogP contribution in [0.4, 0.5) is 19.0 Å². The number of benzene rings is 2. The molecule has 3 aromatic rings. The summed E-state index contributed by atoms with van der Waals surface area (Å²) in [5.41, 5.74) is 1.18. The van der Waals surface area contributed by atoms with Crippen molar-refractivity contribution in [1.29, 1.82) is 0 Å². The summed E-state index contributed by atoms with van der Waals surface area (Å²) in [4.78, 5) is 21.4. The standard InChI is InChI=1S/C23H22ClF3N4O3/c1-3-11-30-14-29(2)20-19(21(30)32)31(13-15-7-9-16(24)10-8-15)22(28-20)33-17-5-4-6-18(12-17)34-23(25,26)27/h4-10,12H,3,11,13-14H2,1-2H3. The predicted molar refractivity (Wildman–Crippen MR) is 121 cm³/mol. The summed E-state index contributed by atoms with van der Waals surface area (Å²) >= 11 is 6.00. The SMILES string of the molecule is CCCN1CN(C)c2nc(Oc3cccc(OC(F)(F)F)c3)n(Cc3ccc(Cl)cc3)c2C1=O. The molecule has 0 atom stereocenters. The molecule has 2 heterocycles. The average Bonchev–Trinajstić information content (AvgIpc) is 3.11. The van der Waals surface area contributed by atoms with E-state index in [0.717, 1.165) is 18.1 Å². The third kappa shape index (κ3) is 5.22. The number of hydrogen-bond donors (Lipinski definition) is 0. The van der Waals surface area contributed by atoms with Crippen molar-refractivity contribution in [3.05, 3.63) is 64.8 Å². The summed E-state index contributed by atoms with van der Waals surface area (Å²) < 4.78 is 49.4. The Bertz CT molecular complexity index is 1180. The normalized spacial score (nSPS) is 13.8. The zero-order valence-electron chi connectivity index (χ0n) is 18.5. The molecular formula is C23H22ClF3N4O3. The lowest BCUT2D eigenvalue weighted by Crippen LogP contribution is -2.46. The van der Waals surface area contributed by atoms with E-state index in [1.54, 1.807) is 21.6 Å². The topological polar surface area (TPSA) is 59.8 Å². The Balaban J connectivity index is 1.74. The highest BCUT2D eigenvalue weighted by molar-refractivity contribution is 6.30. The van der Waals surface area contributed by atoms with Gasteiger partial charge in [0.1, 0.15) is 11.5 Å². The van der Waals surface area contributed by atoms with Crippen molar-refractivity contribution in [2.24, 2.45) is 0 Å². The summed E-state index contributed by atoms with van der Waals surface area (Å²) in [5, 5.41) is 0.569. The van der Waals surface area contributed by atoms with E-state index in [1.165, 1.54) is 18.2 Å². The van der Waals surface area contributed by atoms with Gasteiger partial charge in [-0.1, -0.05) is 36.7 Å². The summed E-state index contributed by atoms with van der Waals surface area (Å²) in [6.45, 7) is 3.17. The highest BCUT2D eigenvalue weighted by Gasteiger charge is 2.35. The number of amides is 1. The lowest BCUT2D eigenvalue weighted by molar-refractivity contribution is -0.274. The number of carbonyl (C=O) groups is 1. The number of halogens is 4. The Morgan fingerprint density at radius 2 is 1.82 bits per heavy atom. The largest absolute Gasteiger partial charge is 0.573 e. The van der Waals surface area contributed by atoms with Gasteiger partial charge in [-0.25, -0.2) is 0 Å². The first-order chi connectivity index (χ1) is 16.1. The average molecular weight is 495 g/mol. The fourth-order valence-corrected chi connectivity index (χ4v) is 3.84. The van der Waals surface area contributed by atoms with Gasteiger partial charge in [-0.15, -0.1) is 13.2 Å². The molecule has 2 aromatic carbocycles. The van der Waals surface area contributed by atoms with Crippen LogP contribution in [-0.4, -0.2) is 47.0 Å². The minimum Gasteiger partial charge on any atom is -0.425 e. The predicted octanol–water partition coefficient (Wildman–Crippen LogP) is 5.54. The monoisotopic (exact) mass is 494 g/mol. The number of anilines is 1. The number of fused-ring (bicyclic) bond motifs is 1. The Hall–Kier alpha value is -3.40. The number of ether oxygens (including phenoxy) is 2. The Morgan fingerprint density at radius 1 is 1.12 bits per heavy atom. The maximum Gasteiger partial charge on any atom is 0.573 e. The van der Waals surface area contributed by atoms with Crippen LogP contribution in [0, 0.1) is 0 Å². The zero-order valence-corrected chi connectivity index (χ0v) is 19.2. The number of alkyl halides is 3. The molecule has 180 valence electrons. The molecule has 1 aliphatic heterocycles. The van der Waals surface area contributed by atoms with E-state index in [2.05, 4.69) is 9.72 Å². The number of aromatic nitrogens is 2. The van der Waals surface area contributed by atoms with Gasteiger partial charge in [0.15, 0.2) is 11.5 Å². The molecule has 0 aliphatic carbocycles. The van der Waals surface area contributed by atoms with E-state index < -0.39 is 12.1 Å². The van der Waals surface area contributed by atoms with Gasteiger partial charge >= 0.3 is 12.4 Å². The first-order valence-electron chi connectivity index (χ1n) is 10.5. The van der Waals surface area contributed by atoms with Crippen molar-refractivity contribution in [1.82, 2.24) is 14.5 Å². The number of rotatable bonds is 7. The van der Waals surface area contributed by atoms with Crippen LogP contribution in [0.15, 0.2) is 48.5 Å². The summed E-state index contributed by atoms with van der Waals surface area (Å²) in [5.74, 6) is -0.0979. The Morgan fingerprint density at radius 3 is 2.50 bits per heavy atom. The van der Waals surface area contributed by atoms with Crippen molar-refractivity contribution < 1.29 is 27.4 Å². The minimum atomic E-state index is -4.83. The molecule has 1 amide bonds. The van der Waals surface area contributed by atoms with Gasteiger partial charge in [0.25, 0.3) is 5.91 Å². The second-order valence-electron chi connectivity index (χ2n) is 7.81. The molecule has 11 heteroatoms. The van der Waals surface area contributed by atoms with Crippen molar-refractivity contribution in [2.75, 3.05) is 25.2 Å². The molecule has 7 nitrogen and oxygen atoms in total. The van der Waals surface area contributed by atoms with Gasteiger partial charge in [-0.3, -0.25) is 9.36 Å². The van der Waals surface area contributed by atoms with Gasteiger partial charge in [0.2, 0.25) is 0 Å². The Labute approximate surface area is 199 Å². The van der Waals surface area contributed by atoms with Gasteiger partial charge in [0.05, 0.1) is 13.2 Å². The molecule has 0 saturated carbocycles. The number of nitrogens with zero attached hydrogens (tertiary/aromatic N) is 4. The smallest absolute Gasteiger partial charge is 0.425 e. The van der Waals surface area contributed by atoms with Crippen LogP contribution in [0.2, 0.25) is 5.02 Å². The number of hydrogen-bond acceptors (Lipinski definition) is 5. The van der Waals surface area contributed by atoms with Crippen LogP contribution in [0.3, 0.4) is 0 Å². The third-order valence-electron chi connectivity index (χ3n) is 5.14. The molecule has 0 radical (unpaired) electrons. The number of imidazole rings is 1. The van der Waals surface area contributed by atoms with Gasteiger partial charge in [-0.05, 0) is 36.2 Å². The molecular weight excluding hydrogens is 473 g/mol. The van der Waals surface area contributed by atoms with Crippen LogP contribution >= 0.6 is 11.6 Å². The van der Waals surface area contributed by atoms with E-state index in [0.29, 0.717) is 29.7 Å². The summed E-state index contributed by atoms with van der Waals surface area (Å²) in [7, 11) is 1.81. The molecule has 0 saturated heterocycles. The fraction of sp³-hybridized carbons (Fsp3) is 0.304. The van der Waals surface area contributed by atoms with Gasteiger partial charge in [-0.2, -0.15) is 4.98 Å². The molecule has 34 heavy (non-hydrogen) atoms. The van der Waals surface area contributed by atoms with Crippen LogP contribution in [-0.2, 0) is 6.54 Å². The molecule has 0 N–H and O–H groups in total. The maximum atomic E-state index is 13.3. The fourth-order valence-electron chi connectivity index (χ4n) is 3.71. The zero-order chi connectivity index (χ0) is 24.5. The highest BCUT2D eigenvalue weighted by Crippen LogP contribution is 2.35. The van der Waals surface area contributed by atoms with Crippen LogP contribution in [0.5, 0.6) is 17.5 Å². The van der Waals surface area contributed by atoms with E-state index in [-0.39, 0.29) is 24.2 Å². The van der Waals surface area contributed by atoms with Crippen molar-refractivity contribution in [3.8, 4) is 17.5 Å². The van der Waals surface area contributed by atoms with Crippen molar-refractivity contribution >= 4 is 23.3 Å². The van der Waals surface area contributed by atoms with E-state index in [9.17, 15) is 18.0 Å². The molecule has 0 bridgehead atoms. The molecule has 4 rings (SSSR count). The first-order valence-corrected chi connectivity index (χ1v) is 10.9. The lowest BCUT2D eigenvalue weighted by Gasteiger charge is -2.33. The second kappa shape index (κ2) is 9.46. The first kappa shape index (κ1) is 23.7. The van der Waals surface area contributed by atoms with Crippen molar-refractivity contribution in [3.63, 3.8) is 0 Å². The summed E-state index contributed by atoms with van der Waals surface area (Å²) in [6, 6.07) is 12.3. The highest BCUT2D eigenvalue weighted by atomic mass is 35.5. The quantitative estimate of drug-likeness (QED) is 0.432. The third-order valence-corrected chi connectivity index (χ3v) is 5.40. The summed E-state index contributed by atoms with van der Waals surface area (Å²) in [6.07, 6.45) is -4.04. The molecule has 0 fully saturated rings. The Kier molecular flexibility index (Phi) is 6.60. The van der Waals surface area contributed by atoms with Crippen LogP contribution in [0.1, 0.15) is 29.4 Å².